The number of ether oxygens (including phenoxy) is 1. The third-order valence-electron chi connectivity index (χ3n) is 4.29. The van der Waals surface area contributed by atoms with Crippen molar-refractivity contribution in [2.75, 3.05) is 13.2 Å². The fourth-order valence-electron chi connectivity index (χ4n) is 3.18. The van der Waals surface area contributed by atoms with Gasteiger partial charge in [0, 0.05) is 0 Å². The van der Waals surface area contributed by atoms with Crippen molar-refractivity contribution < 1.29 is 4.74 Å². The average Bonchev–Trinajstić information content (AvgIpc) is 2.93. The molecule has 2 aliphatic rings. The highest BCUT2D eigenvalue weighted by Gasteiger charge is 2.21. The Morgan fingerprint density at radius 2 is 2.17 bits per heavy atom. The maximum absolute atomic E-state index is 5.85. The first-order valence-electron chi connectivity index (χ1n) is 7.96. The number of allylic oxidation sites excluding steroid dienone is 1. The Morgan fingerprint density at radius 1 is 1.33 bits per heavy atom. The Morgan fingerprint density at radius 3 is 2.83 bits per heavy atom. The molecule has 0 saturated heterocycles. The molecule has 1 aliphatic heterocycles. The molecule has 1 heterocycles. The third-order valence-corrected chi connectivity index (χ3v) is 4.29. The molecule has 0 aromatic rings. The summed E-state index contributed by atoms with van der Waals surface area (Å²) in [6.45, 7) is 4.26. The zero-order valence-corrected chi connectivity index (χ0v) is 11.9. The largest absolute Gasteiger partial charge is 0.497 e. The van der Waals surface area contributed by atoms with E-state index in [1.165, 1.54) is 63.5 Å². The van der Waals surface area contributed by atoms with Crippen molar-refractivity contribution in [1.29, 1.82) is 0 Å². The standard InChI is InChI=1S/C16H29NO/c1-2-12-17-15(16-9-5-6-13-18-16)11-10-14-7-3-4-8-14/h9,14-15,17H,2-8,10-13H2,1H3. The molecule has 1 atom stereocenters. The minimum absolute atomic E-state index is 0.478. The number of rotatable bonds is 7. The highest BCUT2D eigenvalue weighted by molar-refractivity contribution is 5.05. The van der Waals surface area contributed by atoms with Gasteiger partial charge in [0.05, 0.1) is 12.6 Å². The Bertz CT molecular complexity index is 256. The number of nitrogens with one attached hydrogen (secondary N) is 1. The summed E-state index contributed by atoms with van der Waals surface area (Å²) in [6, 6.07) is 0.478. The first-order chi connectivity index (χ1) is 8.90. The Kier molecular flexibility index (Phi) is 6.06. The highest BCUT2D eigenvalue weighted by atomic mass is 16.5. The lowest BCUT2D eigenvalue weighted by Crippen LogP contribution is -2.34. The SMILES string of the molecule is CCCNC(CCC1CCCC1)C1=CCCCO1. The molecule has 2 nitrogen and oxygen atoms in total. The lowest BCUT2D eigenvalue weighted by molar-refractivity contribution is 0.162. The van der Waals surface area contributed by atoms with Crippen LogP contribution in [-0.4, -0.2) is 19.2 Å². The van der Waals surface area contributed by atoms with Crippen molar-refractivity contribution in [1.82, 2.24) is 5.32 Å². The van der Waals surface area contributed by atoms with Crippen LogP contribution in [0.3, 0.4) is 0 Å². The molecule has 0 amide bonds. The zero-order chi connectivity index (χ0) is 12.6. The van der Waals surface area contributed by atoms with E-state index in [0.29, 0.717) is 6.04 Å². The molecule has 18 heavy (non-hydrogen) atoms. The number of hydrogen-bond donors (Lipinski definition) is 1. The molecule has 0 aromatic heterocycles. The molecule has 1 fully saturated rings. The summed E-state index contributed by atoms with van der Waals surface area (Å²) in [6.07, 6.45) is 14.4. The predicted molar refractivity (Wildman–Crippen MR) is 76.5 cm³/mol. The molecule has 0 spiro atoms. The van der Waals surface area contributed by atoms with E-state index in [4.69, 9.17) is 4.74 Å². The molecule has 2 rings (SSSR count). The van der Waals surface area contributed by atoms with Crippen LogP contribution in [0.1, 0.15) is 64.7 Å². The fraction of sp³-hybridized carbons (Fsp3) is 0.875. The third kappa shape index (κ3) is 4.31. The number of hydrogen-bond acceptors (Lipinski definition) is 2. The molecular formula is C16H29NO. The van der Waals surface area contributed by atoms with Crippen LogP contribution in [-0.2, 0) is 4.74 Å². The smallest absolute Gasteiger partial charge is 0.109 e. The summed E-state index contributed by atoms with van der Waals surface area (Å²) in [5, 5.41) is 3.67. The predicted octanol–water partition coefficient (Wildman–Crippen LogP) is 4.02. The van der Waals surface area contributed by atoms with Crippen molar-refractivity contribution in [3.8, 4) is 0 Å². The van der Waals surface area contributed by atoms with E-state index < -0.39 is 0 Å². The average molecular weight is 251 g/mol. The van der Waals surface area contributed by atoms with Crippen LogP contribution in [0.25, 0.3) is 0 Å². The van der Waals surface area contributed by atoms with Gasteiger partial charge >= 0.3 is 0 Å². The van der Waals surface area contributed by atoms with Gasteiger partial charge in [0.25, 0.3) is 0 Å². The van der Waals surface area contributed by atoms with Gasteiger partial charge in [-0.2, -0.15) is 0 Å². The van der Waals surface area contributed by atoms with Crippen LogP contribution in [0, 0.1) is 5.92 Å². The Hall–Kier alpha value is -0.500. The van der Waals surface area contributed by atoms with E-state index in [2.05, 4.69) is 18.3 Å². The summed E-state index contributed by atoms with van der Waals surface area (Å²) < 4.78 is 5.85. The van der Waals surface area contributed by atoms with Gasteiger partial charge in [0.1, 0.15) is 5.76 Å². The van der Waals surface area contributed by atoms with Gasteiger partial charge in [0.15, 0.2) is 0 Å². The van der Waals surface area contributed by atoms with Gasteiger partial charge in [-0.1, -0.05) is 32.6 Å². The summed E-state index contributed by atoms with van der Waals surface area (Å²) in [7, 11) is 0. The lowest BCUT2D eigenvalue weighted by atomic mass is 9.97. The molecule has 0 bridgehead atoms. The van der Waals surface area contributed by atoms with Crippen LogP contribution in [0.5, 0.6) is 0 Å². The minimum atomic E-state index is 0.478. The molecule has 0 aromatic carbocycles. The zero-order valence-electron chi connectivity index (χ0n) is 11.9. The molecule has 1 unspecified atom stereocenters. The van der Waals surface area contributed by atoms with Crippen molar-refractivity contribution in [3.05, 3.63) is 11.8 Å². The summed E-state index contributed by atoms with van der Waals surface area (Å²) >= 11 is 0. The van der Waals surface area contributed by atoms with Crippen LogP contribution in [0.2, 0.25) is 0 Å². The maximum Gasteiger partial charge on any atom is 0.109 e. The molecule has 2 heteroatoms. The van der Waals surface area contributed by atoms with Gasteiger partial charge < -0.3 is 10.1 Å². The van der Waals surface area contributed by atoms with E-state index in [9.17, 15) is 0 Å². The van der Waals surface area contributed by atoms with Crippen molar-refractivity contribution in [2.24, 2.45) is 5.92 Å². The summed E-state index contributed by atoms with van der Waals surface area (Å²) in [5.74, 6) is 2.22. The van der Waals surface area contributed by atoms with Crippen LogP contribution < -0.4 is 5.32 Å². The minimum Gasteiger partial charge on any atom is -0.497 e. The van der Waals surface area contributed by atoms with E-state index >= 15 is 0 Å². The van der Waals surface area contributed by atoms with Gasteiger partial charge in [0.2, 0.25) is 0 Å². The van der Waals surface area contributed by atoms with Crippen molar-refractivity contribution in [2.45, 2.75) is 70.8 Å². The van der Waals surface area contributed by atoms with E-state index in [1.54, 1.807) is 0 Å². The first kappa shape index (κ1) is 13.9. The quantitative estimate of drug-likeness (QED) is 0.738. The van der Waals surface area contributed by atoms with E-state index in [-0.39, 0.29) is 0 Å². The maximum atomic E-state index is 5.85. The molecule has 0 radical (unpaired) electrons. The topological polar surface area (TPSA) is 21.3 Å². The summed E-state index contributed by atoms with van der Waals surface area (Å²) in [5.41, 5.74) is 0. The van der Waals surface area contributed by atoms with E-state index in [1.807, 2.05) is 0 Å². The second kappa shape index (κ2) is 7.83. The lowest BCUT2D eigenvalue weighted by Gasteiger charge is -2.25. The normalized spacial score (nSPS) is 22.6. The molecule has 104 valence electrons. The second-order valence-electron chi connectivity index (χ2n) is 5.83. The van der Waals surface area contributed by atoms with E-state index in [0.717, 1.165) is 19.1 Å². The van der Waals surface area contributed by atoms with Crippen LogP contribution >= 0.6 is 0 Å². The first-order valence-corrected chi connectivity index (χ1v) is 7.96. The van der Waals surface area contributed by atoms with Crippen molar-refractivity contribution >= 4 is 0 Å². The summed E-state index contributed by atoms with van der Waals surface area (Å²) in [4.78, 5) is 0. The van der Waals surface area contributed by atoms with Crippen molar-refractivity contribution in [3.63, 3.8) is 0 Å². The van der Waals surface area contributed by atoms with Crippen LogP contribution in [0.4, 0.5) is 0 Å². The molecule has 1 N–H and O–H groups in total. The monoisotopic (exact) mass is 251 g/mol. The molecule has 1 saturated carbocycles. The second-order valence-corrected chi connectivity index (χ2v) is 5.83. The molecule has 1 aliphatic carbocycles. The fourth-order valence-corrected chi connectivity index (χ4v) is 3.18. The van der Waals surface area contributed by atoms with Crippen LogP contribution in [0.15, 0.2) is 11.8 Å². The van der Waals surface area contributed by atoms with Gasteiger partial charge in [-0.25, -0.2) is 0 Å². The van der Waals surface area contributed by atoms with Gasteiger partial charge in [-0.3, -0.25) is 0 Å². The Labute approximate surface area is 112 Å². The van der Waals surface area contributed by atoms with Gasteiger partial charge in [-0.05, 0) is 50.6 Å². The highest BCUT2D eigenvalue weighted by Crippen LogP contribution is 2.30. The van der Waals surface area contributed by atoms with Gasteiger partial charge in [-0.15, -0.1) is 0 Å². The Balaban J connectivity index is 1.81. The molecular weight excluding hydrogens is 222 g/mol.